The fourth-order valence-electron chi connectivity index (χ4n) is 3.19. The van der Waals surface area contributed by atoms with E-state index in [9.17, 15) is 4.79 Å². The lowest BCUT2D eigenvalue weighted by Crippen LogP contribution is -2.29. The number of hydrogen-bond donors (Lipinski definition) is 0. The van der Waals surface area contributed by atoms with Crippen LogP contribution in [-0.2, 0) is 11.2 Å². The quantitative estimate of drug-likeness (QED) is 0.848. The van der Waals surface area contributed by atoms with Crippen molar-refractivity contribution < 1.29 is 14.3 Å². The summed E-state index contributed by atoms with van der Waals surface area (Å²) in [7, 11) is 3.33. The minimum Gasteiger partial charge on any atom is -0.497 e. The molecule has 0 N–H and O–H groups in total. The Morgan fingerprint density at radius 3 is 2.88 bits per heavy atom. The minimum atomic E-state index is 0.146. The fourth-order valence-corrected chi connectivity index (χ4v) is 3.19. The number of carbonyl (C=O) groups excluding carboxylic acids is 1. The van der Waals surface area contributed by atoms with Gasteiger partial charge >= 0.3 is 0 Å². The second kappa shape index (κ2) is 7.34. The molecule has 1 aromatic heterocycles. The maximum absolute atomic E-state index is 12.5. The smallest absolute Gasteiger partial charge is 0.227 e. The molecule has 5 nitrogen and oxygen atoms in total. The van der Waals surface area contributed by atoms with E-state index in [-0.39, 0.29) is 11.8 Å². The number of amides is 1. The Kier molecular flexibility index (Phi) is 4.99. The van der Waals surface area contributed by atoms with Crippen molar-refractivity contribution in [2.75, 3.05) is 27.3 Å². The van der Waals surface area contributed by atoms with Gasteiger partial charge in [-0.05, 0) is 36.2 Å². The van der Waals surface area contributed by atoms with E-state index in [0.29, 0.717) is 13.0 Å². The third-order valence-corrected chi connectivity index (χ3v) is 4.50. The first-order valence-electron chi connectivity index (χ1n) is 8.10. The molecule has 1 aliphatic rings. The summed E-state index contributed by atoms with van der Waals surface area (Å²) >= 11 is 0. The molecule has 0 bridgehead atoms. The van der Waals surface area contributed by atoms with Gasteiger partial charge < -0.3 is 14.4 Å². The summed E-state index contributed by atoms with van der Waals surface area (Å²) < 4.78 is 10.8. The maximum Gasteiger partial charge on any atom is 0.227 e. The van der Waals surface area contributed by atoms with Crippen LogP contribution in [0.4, 0.5) is 0 Å². The fraction of sp³-hybridized carbons (Fsp3) is 0.368. The predicted molar refractivity (Wildman–Crippen MR) is 91.4 cm³/mol. The first-order valence-corrected chi connectivity index (χ1v) is 8.10. The Labute approximate surface area is 142 Å². The average Bonchev–Trinajstić information content (AvgIpc) is 3.12. The van der Waals surface area contributed by atoms with Gasteiger partial charge in [0.1, 0.15) is 11.5 Å². The number of methoxy groups -OCH3 is 2. The molecule has 2 heterocycles. The zero-order chi connectivity index (χ0) is 16.9. The minimum absolute atomic E-state index is 0.146. The molecule has 3 rings (SSSR count). The number of benzene rings is 1. The van der Waals surface area contributed by atoms with Crippen molar-refractivity contribution in [3.8, 4) is 11.5 Å². The van der Waals surface area contributed by atoms with E-state index in [1.165, 1.54) is 0 Å². The molecule has 0 radical (unpaired) electrons. The van der Waals surface area contributed by atoms with Crippen molar-refractivity contribution in [1.29, 1.82) is 0 Å². The van der Waals surface area contributed by atoms with E-state index in [2.05, 4.69) is 4.98 Å². The topological polar surface area (TPSA) is 51.7 Å². The van der Waals surface area contributed by atoms with Crippen LogP contribution in [0, 0.1) is 0 Å². The van der Waals surface area contributed by atoms with Crippen molar-refractivity contribution >= 4 is 5.91 Å². The van der Waals surface area contributed by atoms with Crippen molar-refractivity contribution in [3.63, 3.8) is 0 Å². The van der Waals surface area contributed by atoms with E-state index in [1.807, 2.05) is 35.2 Å². The number of nitrogens with zero attached hydrogens (tertiary/aromatic N) is 2. The molecule has 5 heteroatoms. The second-order valence-corrected chi connectivity index (χ2v) is 5.97. The monoisotopic (exact) mass is 326 g/mol. The molecule has 1 fully saturated rings. The summed E-state index contributed by atoms with van der Waals surface area (Å²) in [6.07, 6.45) is 4.80. The highest BCUT2D eigenvalue weighted by Crippen LogP contribution is 2.36. The van der Waals surface area contributed by atoms with Crippen LogP contribution in [-0.4, -0.2) is 43.1 Å². The van der Waals surface area contributed by atoms with E-state index in [4.69, 9.17) is 9.47 Å². The van der Waals surface area contributed by atoms with E-state index >= 15 is 0 Å². The van der Waals surface area contributed by atoms with Gasteiger partial charge in [0, 0.05) is 37.0 Å². The molecular weight excluding hydrogens is 304 g/mol. The SMILES string of the molecule is COc1ccc(OC)c(C2CCN(C(=O)Cc3cccnc3)C2)c1. The summed E-state index contributed by atoms with van der Waals surface area (Å²) in [6.45, 7) is 1.48. The van der Waals surface area contributed by atoms with Gasteiger partial charge in [-0.15, -0.1) is 0 Å². The van der Waals surface area contributed by atoms with Crippen molar-refractivity contribution in [3.05, 3.63) is 53.9 Å². The molecule has 0 saturated carbocycles. The largest absolute Gasteiger partial charge is 0.497 e. The lowest BCUT2D eigenvalue weighted by Gasteiger charge is -2.18. The standard InChI is InChI=1S/C19H22N2O3/c1-23-16-5-6-18(24-2)17(11-16)15-7-9-21(13-15)19(22)10-14-4-3-8-20-12-14/h3-6,8,11-12,15H,7,9-10,13H2,1-2H3. The number of aromatic nitrogens is 1. The molecule has 1 aromatic carbocycles. The highest BCUT2D eigenvalue weighted by atomic mass is 16.5. The Balaban J connectivity index is 1.70. The van der Waals surface area contributed by atoms with Gasteiger partial charge in [0.05, 0.1) is 20.6 Å². The Morgan fingerprint density at radius 1 is 1.29 bits per heavy atom. The van der Waals surface area contributed by atoms with Gasteiger partial charge in [0.25, 0.3) is 0 Å². The van der Waals surface area contributed by atoms with Gasteiger partial charge in [-0.25, -0.2) is 0 Å². The lowest BCUT2D eigenvalue weighted by atomic mass is 9.97. The van der Waals surface area contributed by atoms with Crippen LogP contribution < -0.4 is 9.47 Å². The van der Waals surface area contributed by atoms with E-state index < -0.39 is 0 Å². The summed E-state index contributed by atoms with van der Waals surface area (Å²) in [5, 5.41) is 0. The van der Waals surface area contributed by atoms with Crippen LogP contribution in [0.15, 0.2) is 42.7 Å². The molecule has 1 aliphatic heterocycles. The summed E-state index contributed by atoms with van der Waals surface area (Å²) in [6, 6.07) is 9.62. The van der Waals surface area contributed by atoms with Crippen LogP contribution >= 0.6 is 0 Å². The molecule has 0 aliphatic carbocycles. The number of ether oxygens (including phenoxy) is 2. The highest BCUT2D eigenvalue weighted by Gasteiger charge is 2.29. The van der Waals surface area contributed by atoms with Crippen LogP contribution in [0.25, 0.3) is 0 Å². The Bertz CT molecular complexity index is 703. The molecule has 24 heavy (non-hydrogen) atoms. The number of hydrogen-bond acceptors (Lipinski definition) is 4. The molecule has 0 spiro atoms. The summed E-state index contributed by atoms with van der Waals surface area (Å²) in [4.78, 5) is 18.5. The number of carbonyl (C=O) groups is 1. The van der Waals surface area contributed by atoms with Crippen LogP contribution in [0.5, 0.6) is 11.5 Å². The van der Waals surface area contributed by atoms with Crippen LogP contribution in [0.3, 0.4) is 0 Å². The third kappa shape index (κ3) is 3.50. The normalized spacial score (nSPS) is 16.9. The van der Waals surface area contributed by atoms with E-state index in [0.717, 1.165) is 35.6 Å². The van der Waals surface area contributed by atoms with Crippen LogP contribution in [0.1, 0.15) is 23.5 Å². The molecule has 2 aromatic rings. The number of pyridine rings is 1. The maximum atomic E-state index is 12.5. The average molecular weight is 326 g/mol. The van der Waals surface area contributed by atoms with Gasteiger partial charge in [-0.2, -0.15) is 0 Å². The molecule has 1 amide bonds. The highest BCUT2D eigenvalue weighted by molar-refractivity contribution is 5.79. The van der Waals surface area contributed by atoms with Gasteiger partial charge in [0.2, 0.25) is 5.91 Å². The molecule has 1 saturated heterocycles. The number of rotatable bonds is 5. The van der Waals surface area contributed by atoms with Crippen molar-refractivity contribution in [2.24, 2.45) is 0 Å². The Hall–Kier alpha value is -2.56. The first kappa shape index (κ1) is 16.3. The van der Waals surface area contributed by atoms with Crippen LogP contribution in [0.2, 0.25) is 0 Å². The zero-order valence-electron chi connectivity index (χ0n) is 14.1. The molecule has 126 valence electrons. The summed E-state index contributed by atoms with van der Waals surface area (Å²) in [5.41, 5.74) is 2.05. The van der Waals surface area contributed by atoms with E-state index in [1.54, 1.807) is 26.6 Å². The molecule has 1 unspecified atom stereocenters. The second-order valence-electron chi connectivity index (χ2n) is 5.97. The van der Waals surface area contributed by atoms with Gasteiger partial charge in [-0.3, -0.25) is 9.78 Å². The van der Waals surface area contributed by atoms with Gasteiger partial charge in [-0.1, -0.05) is 6.07 Å². The zero-order valence-corrected chi connectivity index (χ0v) is 14.1. The van der Waals surface area contributed by atoms with Crippen molar-refractivity contribution in [1.82, 2.24) is 9.88 Å². The lowest BCUT2D eigenvalue weighted by molar-refractivity contribution is -0.129. The number of likely N-dealkylation sites (tertiary alicyclic amines) is 1. The predicted octanol–water partition coefficient (Wildman–Crippen LogP) is 2.66. The molecule has 1 atom stereocenters. The third-order valence-electron chi connectivity index (χ3n) is 4.50. The van der Waals surface area contributed by atoms with Gasteiger partial charge in [0.15, 0.2) is 0 Å². The molecular formula is C19H22N2O3. The summed E-state index contributed by atoms with van der Waals surface area (Å²) in [5.74, 6) is 2.08. The first-order chi connectivity index (χ1) is 11.7. The van der Waals surface area contributed by atoms with Crippen molar-refractivity contribution in [2.45, 2.75) is 18.8 Å². The Morgan fingerprint density at radius 2 is 2.17 bits per heavy atom.